The molecule has 2 nitrogen and oxygen atoms in total. The minimum absolute atomic E-state index is 0.103. The number of rotatable bonds is 7. The Morgan fingerprint density at radius 1 is 1.29 bits per heavy atom. The number of aryl methyl sites for hydroxylation is 1. The first kappa shape index (κ1) is 16.3. The number of hydrogen-bond donors (Lipinski definition) is 1. The molecule has 1 N–H and O–H groups in total. The average Bonchev–Trinajstić information content (AvgIpc) is 3.23. The lowest BCUT2D eigenvalue weighted by molar-refractivity contribution is 0.570. The van der Waals surface area contributed by atoms with Gasteiger partial charge in [0.1, 0.15) is 5.82 Å². The van der Waals surface area contributed by atoms with Crippen molar-refractivity contribution in [1.82, 2.24) is 5.32 Å². The van der Waals surface area contributed by atoms with Crippen LogP contribution in [0.2, 0.25) is 0 Å². The van der Waals surface area contributed by atoms with E-state index in [-0.39, 0.29) is 11.9 Å². The molecule has 21 heavy (non-hydrogen) atoms. The molecular weight excluding hydrogens is 263 g/mol. The van der Waals surface area contributed by atoms with E-state index in [1.54, 1.807) is 6.07 Å². The summed E-state index contributed by atoms with van der Waals surface area (Å²) in [7, 11) is 0. The predicted molar refractivity (Wildman–Crippen MR) is 88.4 cm³/mol. The number of halogens is 1. The van der Waals surface area contributed by atoms with Crippen molar-refractivity contribution in [2.75, 3.05) is 18.0 Å². The topological polar surface area (TPSA) is 15.3 Å². The lowest BCUT2D eigenvalue weighted by Gasteiger charge is -2.33. The molecule has 1 aliphatic carbocycles. The summed E-state index contributed by atoms with van der Waals surface area (Å²) in [4.78, 5) is 2.45. The van der Waals surface area contributed by atoms with E-state index in [4.69, 9.17) is 0 Å². The van der Waals surface area contributed by atoms with E-state index in [0.29, 0.717) is 6.04 Å². The summed E-state index contributed by atoms with van der Waals surface area (Å²) < 4.78 is 14.1. The van der Waals surface area contributed by atoms with Gasteiger partial charge in [0.05, 0.1) is 0 Å². The van der Waals surface area contributed by atoms with Crippen LogP contribution in [0.25, 0.3) is 0 Å². The lowest BCUT2D eigenvalue weighted by atomic mass is 10.0. The number of hydrogen-bond acceptors (Lipinski definition) is 2. The fourth-order valence-corrected chi connectivity index (χ4v) is 2.86. The van der Waals surface area contributed by atoms with Crippen molar-refractivity contribution in [2.45, 2.75) is 59.5 Å². The second-order valence-electron chi connectivity index (χ2n) is 6.63. The zero-order valence-electron chi connectivity index (χ0n) is 14.0. The molecule has 0 amide bonds. The molecule has 1 saturated carbocycles. The van der Waals surface area contributed by atoms with Crippen molar-refractivity contribution < 1.29 is 4.39 Å². The summed E-state index contributed by atoms with van der Waals surface area (Å²) in [5, 5.41) is 3.42. The van der Waals surface area contributed by atoms with E-state index in [1.807, 2.05) is 13.0 Å². The summed E-state index contributed by atoms with van der Waals surface area (Å²) in [6.45, 7) is 12.5. The predicted octanol–water partition coefficient (Wildman–Crippen LogP) is 4.43. The van der Waals surface area contributed by atoms with E-state index in [2.05, 4.69) is 37.9 Å². The van der Waals surface area contributed by atoms with Crippen molar-refractivity contribution in [1.29, 1.82) is 0 Å². The normalized spacial score (nSPS) is 16.3. The Bertz CT molecular complexity index is 480. The standard InChI is InChI=1S/C18H29FN2/c1-6-20-14(5)16-10-17(19)13(4)9-18(16)21(12(2)3)11-15-7-8-15/h9-10,12,14-15,20H,6-8,11H2,1-5H3. The van der Waals surface area contributed by atoms with E-state index < -0.39 is 0 Å². The maximum Gasteiger partial charge on any atom is 0.126 e. The fourth-order valence-electron chi connectivity index (χ4n) is 2.86. The minimum Gasteiger partial charge on any atom is -0.369 e. The van der Waals surface area contributed by atoms with Crippen LogP contribution in [0.15, 0.2) is 12.1 Å². The number of nitrogens with one attached hydrogen (secondary N) is 1. The van der Waals surface area contributed by atoms with E-state index in [0.717, 1.165) is 30.1 Å². The molecule has 0 spiro atoms. The SMILES string of the molecule is CCNC(C)c1cc(F)c(C)cc1N(CC1CC1)C(C)C. The summed E-state index contributed by atoms with van der Waals surface area (Å²) in [6, 6.07) is 4.35. The van der Waals surface area contributed by atoms with Crippen LogP contribution in [0.4, 0.5) is 10.1 Å². The fraction of sp³-hybridized carbons (Fsp3) is 0.667. The number of nitrogens with zero attached hydrogens (tertiary/aromatic N) is 1. The van der Waals surface area contributed by atoms with Crippen LogP contribution < -0.4 is 10.2 Å². The summed E-state index contributed by atoms with van der Waals surface area (Å²) in [6.07, 6.45) is 2.67. The molecule has 1 aromatic carbocycles. The van der Waals surface area contributed by atoms with Crippen LogP contribution in [0.1, 0.15) is 57.7 Å². The zero-order chi connectivity index (χ0) is 15.6. The number of benzene rings is 1. The van der Waals surface area contributed by atoms with Crippen molar-refractivity contribution in [3.63, 3.8) is 0 Å². The van der Waals surface area contributed by atoms with Gasteiger partial charge >= 0.3 is 0 Å². The molecule has 1 fully saturated rings. The van der Waals surface area contributed by atoms with Crippen LogP contribution in [0.3, 0.4) is 0 Å². The molecule has 3 heteroatoms. The van der Waals surface area contributed by atoms with Gasteiger partial charge in [0.2, 0.25) is 0 Å². The molecule has 1 aliphatic rings. The van der Waals surface area contributed by atoms with Crippen molar-refractivity contribution in [2.24, 2.45) is 5.92 Å². The third-order valence-corrected chi connectivity index (χ3v) is 4.37. The van der Waals surface area contributed by atoms with Crippen LogP contribution >= 0.6 is 0 Å². The van der Waals surface area contributed by atoms with Crippen LogP contribution in [-0.2, 0) is 0 Å². The van der Waals surface area contributed by atoms with E-state index in [9.17, 15) is 4.39 Å². The van der Waals surface area contributed by atoms with E-state index in [1.165, 1.54) is 18.5 Å². The Hall–Kier alpha value is -1.09. The molecule has 0 aliphatic heterocycles. The highest BCUT2D eigenvalue weighted by atomic mass is 19.1. The third-order valence-electron chi connectivity index (χ3n) is 4.37. The first-order valence-electron chi connectivity index (χ1n) is 8.24. The highest BCUT2D eigenvalue weighted by Gasteiger charge is 2.27. The lowest BCUT2D eigenvalue weighted by Crippen LogP contribution is -2.34. The largest absolute Gasteiger partial charge is 0.369 e. The first-order chi connectivity index (χ1) is 9.93. The van der Waals surface area contributed by atoms with Gasteiger partial charge in [-0.1, -0.05) is 6.92 Å². The molecule has 0 heterocycles. The van der Waals surface area contributed by atoms with Gasteiger partial charge in [-0.3, -0.25) is 0 Å². The van der Waals surface area contributed by atoms with Crippen LogP contribution in [0.5, 0.6) is 0 Å². The highest BCUT2D eigenvalue weighted by molar-refractivity contribution is 5.58. The summed E-state index contributed by atoms with van der Waals surface area (Å²) >= 11 is 0. The molecule has 118 valence electrons. The minimum atomic E-state index is -0.103. The Labute approximate surface area is 128 Å². The molecule has 1 aromatic rings. The van der Waals surface area contributed by atoms with Crippen LogP contribution in [-0.4, -0.2) is 19.1 Å². The smallest absolute Gasteiger partial charge is 0.126 e. The highest BCUT2D eigenvalue weighted by Crippen LogP contribution is 2.36. The Kier molecular flexibility index (Phi) is 5.26. The molecule has 0 radical (unpaired) electrons. The second kappa shape index (κ2) is 6.78. The van der Waals surface area contributed by atoms with Gasteiger partial charge in [-0.05, 0) is 76.3 Å². The quantitative estimate of drug-likeness (QED) is 0.800. The molecule has 0 saturated heterocycles. The van der Waals surface area contributed by atoms with Gasteiger partial charge in [-0.25, -0.2) is 4.39 Å². The third kappa shape index (κ3) is 3.97. The molecule has 0 aromatic heterocycles. The zero-order valence-corrected chi connectivity index (χ0v) is 14.0. The summed E-state index contributed by atoms with van der Waals surface area (Å²) in [5.41, 5.74) is 3.01. The Balaban J connectivity index is 2.39. The van der Waals surface area contributed by atoms with Gasteiger partial charge in [0.25, 0.3) is 0 Å². The first-order valence-corrected chi connectivity index (χ1v) is 8.24. The Morgan fingerprint density at radius 2 is 1.95 bits per heavy atom. The van der Waals surface area contributed by atoms with Gasteiger partial charge in [0.15, 0.2) is 0 Å². The molecule has 1 atom stereocenters. The molecule has 2 rings (SSSR count). The van der Waals surface area contributed by atoms with Gasteiger partial charge in [-0.2, -0.15) is 0 Å². The average molecular weight is 292 g/mol. The second-order valence-corrected chi connectivity index (χ2v) is 6.63. The Morgan fingerprint density at radius 3 is 2.48 bits per heavy atom. The maximum atomic E-state index is 14.1. The van der Waals surface area contributed by atoms with E-state index >= 15 is 0 Å². The summed E-state index contributed by atoms with van der Waals surface area (Å²) in [5.74, 6) is 0.716. The number of anilines is 1. The molecule has 1 unspecified atom stereocenters. The van der Waals surface area contributed by atoms with Gasteiger partial charge < -0.3 is 10.2 Å². The van der Waals surface area contributed by atoms with Gasteiger partial charge in [-0.15, -0.1) is 0 Å². The van der Waals surface area contributed by atoms with Crippen LogP contribution in [0, 0.1) is 18.7 Å². The van der Waals surface area contributed by atoms with Crippen molar-refractivity contribution in [3.8, 4) is 0 Å². The molecule has 0 bridgehead atoms. The van der Waals surface area contributed by atoms with Crippen molar-refractivity contribution in [3.05, 3.63) is 29.1 Å². The maximum absolute atomic E-state index is 14.1. The van der Waals surface area contributed by atoms with Gasteiger partial charge in [0, 0.05) is 24.3 Å². The monoisotopic (exact) mass is 292 g/mol. The molecular formula is C18H29FN2. The van der Waals surface area contributed by atoms with Crippen molar-refractivity contribution >= 4 is 5.69 Å².